The summed E-state index contributed by atoms with van der Waals surface area (Å²) in [5.74, 6) is 1.42. The van der Waals surface area contributed by atoms with E-state index in [1.54, 1.807) is 0 Å². The van der Waals surface area contributed by atoms with E-state index in [1.807, 2.05) is 19.9 Å². The van der Waals surface area contributed by atoms with E-state index in [0.717, 1.165) is 56.4 Å². The van der Waals surface area contributed by atoms with E-state index in [0.29, 0.717) is 18.9 Å². The number of hydrogen-bond acceptors (Lipinski definition) is 5. The van der Waals surface area contributed by atoms with E-state index in [2.05, 4.69) is 49.4 Å². The molecule has 2 aliphatic rings. The number of aryl methyl sites for hydroxylation is 2. The summed E-state index contributed by atoms with van der Waals surface area (Å²) in [5.41, 5.74) is 4.51. The molecule has 4 rings (SSSR count). The fraction of sp³-hybridized carbons (Fsp3) is 0.542. The van der Waals surface area contributed by atoms with E-state index in [4.69, 9.17) is 0 Å². The van der Waals surface area contributed by atoms with Crippen LogP contribution in [-0.4, -0.2) is 42.1 Å². The molecule has 0 radical (unpaired) electrons. The molecule has 2 aliphatic heterocycles. The third-order valence-corrected chi connectivity index (χ3v) is 6.26. The molecule has 0 saturated carbocycles. The van der Waals surface area contributed by atoms with Crippen molar-refractivity contribution in [3.8, 4) is 0 Å². The van der Waals surface area contributed by atoms with Crippen LogP contribution in [0.3, 0.4) is 0 Å². The Hall–Kier alpha value is -2.63. The Bertz CT molecular complexity index is 849. The van der Waals surface area contributed by atoms with Gasteiger partial charge in [-0.1, -0.05) is 18.2 Å². The maximum Gasteiger partial charge on any atom is 0.225 e. The van der Waals surface area contributed by atoms with E-state index < -0.39 is 0 Å². The Morgan fingerprint density at radius 3 is 2.37 bits per heavy atom. The van der Waals surface area contributed by atoms with Crippen molar-refractivity contribution in [3.05, 3.63) is 47.3 Å². The molecule has 6 nitrogen and oxygen atoms in total. The van der Waals surface area contributed by atoms with Crippen molar-refractivity contribution in [3.63, 3.8) is 0 Å². The Kier molecular flexibility index (Phi) is 6.50. The molecule has 3 heterocycles. The van der Waals surface area contributed by atoms with Crippen molar-refractivity contribution in [2.75, 3.05) is 36.0 Å². The van der Waals surface area contributed by atoms with Crippen molar-refractivity contribution in [1.82, 2.24) is 15.3 Å². The lowest BCUT2D eigenvalue weighted by Gasteiger charge is -2.32. The van der Waals surface area contributed by atoms with Gasteiger partial charge in [-0.05, 0) is 63.1 Å². The van der Waals surface area contributed by atoms with Gasteiger partial charge >= 0.3 is 0 Å². The normalized spacial score (nSPS) is 17.4. The van der Waals surface area contributed by atoms with Gasteiger partial charge in [0.25, 0.3) is 0 Å². The van der Waals surface area contributed by atoms with Gasteiger partial charge in [0.05, 0.1) is 0 Å². The van der Waals surface area contributed by atoms with Crippen molar-refractivity contribution < 1.29 is 4.79 Å². The highest BCUT2D eigenvalue weighted by Crippen LogP contribution is 2.25. The highest BCUT2D eigenvalue weighted by atomic mass is 16.1. The zero-order valence-electron chi connectivity index (χ0n) is 18.2. The van der Waals surface area contributed by atoms with Crippen molar-refractivity contribution in [1.29, 1.82) is 0 Å². The molecule has 0 spiro atoms. The summed E-state index contributed by atoms with van der Waals surface area (Å²) in [6.45, 7) is 8.70. The average Bonchev–Trinajstić information content (AvgIpc) is 3.27. The van der Waals surface area contributed by atoms with E-state index in [1.165, 1.54) is 24.1 Å². The molecule has 30 heavy (non-hydrogen) atoms. The van der Waals surface area contributed by atoms with E-state index in [9.17, 15) is 4.79 Å². The lowest BCUT2D eigenvalue weighted by Crippen LogP contribution is -2.37. The molecule has 2 aromatic rings. The first-order valence-corrected chi connectivity index (χ1v) is 11.3. The molecule has 160 valence electrons. The van der Waals surface area contributed by atoms with E-state index >= 15 is 0 Å². The summed E-state index contributed by atoms with van der Waals surface area (Å²) in [6.07, 6.45) is 5.13. The molecule has 6 heteroatoms. The first-order valence-electron chi connectivity index (χ1n) is 11.3. The van der Waals surface area contributed by atoms with Gasteiger partial charge in [0, 0.05) is 56.2 Å². The fourth-order valence-corrected chi connectivity index (χ4v) is 4.64. The number of benzene rings is 1. The first kappa shape index (κ1) is 20.6. The van der Waals surface area contributed by atoms with Crippen LogP contribution in [-0.2, 0) is 11.3 Å². The van der Waals surface area contributed by atoms with Crippen molar-refractivity contribution >= 4 is 17.5 Å². The molecule has 1 aromatic heterocycles. The summed E-state index contributed by atoms with van der Waals surface area (Å²) in [5, 5.41) is 3.16. The molecular formula is C24H33N5O. The predicted molar refractivity (Wildman–Crippen MR) is 121 cm³/mol. The number of carbonyl (C=O) groups excluding carboxylic acids is 1. The van der Waals surface area contributed by atoms with Gasteiger partial charge in [0.2, 0.25) is 11.9 Å². The standard InChI is InChI=1S/C24H33N5O/c1-18-15-19(2)27-24(26-18)29-13-9-20(10-14-29)16-23(30)25-17-21-7-3-4-8-22(21)28-11-5-6-12-28/h3-4,7-8,15,20H,5-6,9-14,16-17H2,1-2H3,(H,25,30). The van der Waals surface area contributed by atoms with E-state index in [-0.39, 0.29) is 5.91 Å². The summed E-state index contributed by atoms with van der Waals surface area (Å²) in [4.78, 5) is 26.4. The van der Waals surface area contributed by atoms with Crippen LogP contribution in [0, 0.1) is 19.8 Å². The number of amides is 1. The molecule has 0 atom stereocenters. The largest absolute Gasteiger partial charge is 0.371 e. The number of rotatable bonds is 6. The summed E-state index contributed by atoms with van der Waals surface area (Å²) in [7, 11) is 0. The minimum absolute atomic E-state index is 0.160. The zero-order chi connectivity index (χ0) is 20.9. The Morgan fingerprint density at radius 2 is 1.67 bits per heavy atom. The first-order chi connectivity index (χ1) is 14.6. The van der Waals surface area contributed by atoms with Crippen LogP contribution < -0.4 is 15.1 Å². The molecule has 1 amide bonds. The fourth-order valence-electron chi connectivity index (χ4n) is 4.64. The Balaban J connectivity index is 1.26. The number of carbonyl (C=O) groups is 1. The van der Waals surface area contributed by atoms with Crippen LogP contribution >= 0.6 is 0 Å². The number of nitrogens with one attached hydrogen (secondary N) is 1. The average molecular weight is 408 g/mol. The highest BCUT2D eigenvalue weighted by Gasteiger charge is 2.23. The van der Waals surface area contributed by atoms with Crippen LogP contribution in [0.25, 0.3) is 0 Å². The second-order valence-electron chi connectivity index (χ2n) is 8.68. The van der Waals surface area contributed by atoms with Crippen LogP contribution in [0.1, 0.15) is 49.1 Å². The van der Waals surface area contributed by atoms with Gasteiger partial charge in [0.15, 0.2) is 0 Å². The van der Waals surface area contributed by atoms with Gasteiger partial charge in [-0.15, -0.1) is 0 Å². The second kappa shape index (κ2) is 9.45. The number of hydrogen-bond donors (Lipinski definition) is 1. The summed E-state index contributed by atoms with van der Waals surface area (Å²) in [6, 6.07) is 10.5. The van der Waals surface area contributed by atoms with Crippen LogP contribution in [0.4, 0.5) is 11.6 Å². The van der Waals surface area contributed by atoms with Crippen LogP contribution in [0.15, 0.2) is 30.3 Å². The monoisotopic (exact) mass is 407 g/mol. The molecule has 0 bridgehead atoms. The smallest absolute Gasteiger partial charge is 0.225 e. The third kappa shape index (κ3) is 5.10. The maximum atomic E-state index is 12.6. The van der Waals surface area contributed by atoms with Gasteiger partial charge in [-0.25, -0.2) is 9.97 Å². The Labute approximate surface area is 179 Å². The van der Waals surface area contributed by atoms with Gasteiger partial charge < -0.3 is 15.1 Å². The zero-order valence-corrected chi connectivity index (χ0v) is 18.2. The van der Waals surface area contributed by atoms with Crippen molar-refractivity contribution in [2.24, 2.45) is 5.92 Å². The number of piperidine rings is 1. The van der Waals surface area contributed by atoms with Crippen LogP contribution in [0.2, 0.25) is 0 Å². The number of nitrogens with zero attached hydrogens (tertiary/aromatic N) is 4. The lowest BCUT2D eigenvalue weighted by molar-refractivity contribution is -0.122. The number of anilines is 2. The summed E-state index contributed by atoms with van der Waals surface area (Å²) >= 11 is 0. The minimum atomic E-state index is 0.160. The van der Waals surface area contributed by atoms with Crippen LogP contribution in [0.5, 0.6) is 0 Å². The minimum Gasteiger partial charge on any atom is -0.371 e. The van der Waals surface area contributed by atoms with Crippen molar-refractivity contribution in [2.45, 2.75) is 52.5 Å². The maximum absolute atomic E-state index is 12.6. The van der Waals surface area contributed by atoms with Gasteiger partial charge in [-0.2, -0.15) is 0 Å². The molecule has 2 saturated heterocycles. The lowest BCUT2D eigenvalue weighted by atomic mass is 9.93. The quantitative estimate of drug-likeness (QED) is 0.793. The molecule has 1 N–H and O–H groups in total. The molecular weight excluding hydrogens is 374 g/mol. The predicted octanol–water partition coefficient (Wildman–Crippen LogP) is 3.62. The third-order valence-electron chi connectivity index (χ3n) is 6.26. The SMILES string of the molecule is Cc1cc(C)nc(N2CCC(CC(=O)NCc3ccccc3N3CCCC3)CC2)n1. The van der Waals surface area contributed by atoms with Gasteiger partial charge in [-0.3, -0.25) is 4.79 Å². The molecule has 0 aliphatic carbocycles. The second-order valence-corrected chi connectivity index (χ2v) is 8.68. The number of aromatic nitrogens is 2. The molecule has 1 aromatic carbocycles. The molecule has 0 unspecified atom stereocenters. The van der Waals surface area contributed by atoms with Gasteiger partial charge in [0.1, 0.15) is 0 Å². The molecule has 2 fully saturated rings. The Morgan fingerprint density at radius 1 is 1.00 bits per heavy atom. The highest BCUT2D eigenvalue weighted by molar-refractivity contribution is 5.76. The summed E-state index contributed by atoms with van der Waals surface area (Å²) < 4.78 is 0. The topological polar surface area (TPSA) is 61.4 Å². The number of para-hydroxylation sites is 1.